The van der Waals surface area contributed by atoms with Gasteiger partial charge in [0.15, 0.2) is 10.5 Å². The minimum Gasteiger partial charge on any atom is -0.872 e. The number of thiocarbonyl (C=S) groups is 1. The van der Waals surface area contributed by atoms with Gasteiger partial charge in [-0.05, 0) is 145 Å². The number of benzene rings is 4. The van der Waals surface area contributed by atoms with E-state index in [0.717, 1.165) is 85.8 Å². The van der Waals surface area contributed by atoms with Crippen molar-refractivity contribution in [3.8, 4) is 33.9 Å². The largest absolute Gasteiger partial charge is 2.00 e. The van der Waals surface area contributed by atoms with Crippen molar-refractivity contribution in [2.75, 3.05) is 18.5 Å². The summed E-state index contributed by atoms with van der Waals surface area (Å²) >= 11 is 5.72. The summed E-state index contributed by atoms with van der Waals surface area (Å²) in [6.45, 7) is 7.20. The summed E-state index contributed by atoms with van der Waals surface area (Å²) in [5.74, 6) is 1.09. The van der Waals surface area contributed by atoms with Crippen LogP contribution in [0.15, 0.2) is 180 Å². The minimum atomic E-state index is -0.162. The zero-order valence-electron chi connectivity index (χ0n) is 42.4. The normalized spacial score (nSPS) is 10.7. The molecule has 74 heavy (non-hydrogen) atoms. The number of hydrogen-bond acceptors (Lipinski definition) is 11. The molecule has 0 unspecified atom stereocenters. The Bertz CT molecular complexity index is 3010. The molecule has 0 spiro atoms. The molecule has 0 bridgehead atoms. The molecular weight excluding hydrogens is 1050 g/mol. The molecule has 5 heterocycles. The monoisotopic (exact) mass is 1110 g/mol. The first kappa shape index (κ1) is 58.2. The van der Waals surface area contributed by atoms with Crippen molar-refractivity contribution in [2.45, 2.75) is 59.0 Å². The molecule has 0 fully saturated rings. The van der Waals surface area contributed by atoms with Crippen LogP contribution in [0.3, 0.4) is 0 Å². The van der Waals surface area contributed by atoms with Gasteiger partial charge in [-0.15, -0.1) is 5.75 Å². The molecule has 1 aliphatic heterocycles. The van der Waals surface area contributed by atoms with Crippen molar-refractivity contribution in [3.05, 3.63) is 220 Å². The van der Waals surface area contributed by atoms with Crippen molar-refractivity contribution in [3.63, 3.8) is 0 Å². The maximum atomic E-state index is 12.2. The van der Waals surface area contributed by atoms with Gasteiger partial charge in [-0.3, -0.25) is 34.5 Å². The summed E-state index contributed by atoms with van der Waals surface area (Å²) in [5.41, 5.74) is 11.0. The number of nitrogens with one attached hydrogen (secondary N) is 2. The topological polar surface area (TPSA) is 218 Å². The summed E-state index contributed by atoms with van der Waals surface area (Å²) in [4.78, 5) is 35.6. The van der Waals surface area contributed by atoms with Crippen LogP contribution < -0.4 is 38.2 Å². The van der Waals surface area contributed by atoms with E-state index in [0.29, 0.717) is 68.9 Å². The second-order valence-electron chi connectivity index (χ2n) is 17.3. The van der Waals surface area contributed by atoms with Crippen molar-refractivity contribution in [1.82, 2.24) is 47.4 Å². The van der Waals surface area contributed by atoms with Crippen molar-refractivity contribution in [2.24, 2.45) is 0 Å². The molecule has 17 heteroatoms. The first-order valence-corrected chi connectivity index (χ1v) is 23.8. The van der Waals surface area contributed by atoms with Gasteiger partial charge in [0.05, 0.1) is 29.4 Å². The van der Waals surface area contributed by atoms with Crippen LogP contribution in [-0.2, 0) is 78.2 Å². The molecule has 4 aromatic heterocycles. The quantitative estimate of drug-likeness (QED) is 0.0242. The molecule has 7 aromatic rings. The molecule has 1 aliphatic carbocycles. The van der Waals surface area contributed by atoms with Crippen molar-refractivity contribution >= 4 is 34.0 Å². The van der Waals surface area contributed by atoms with Crippen molar-refractivity contribution < 1.29 is 53.2 Å². The van der Waals surface area contributed by atoms with Crippen LogP contribution in [0, 0.1) is 6.92 Å². The van der Waals surface area contributed by atoms with Gasteiger partial charge in [-0.2, -0.15) is 0 Å². The van der Waals surface area contributed by atoms with Crippen LogP contribution >= 0.6 is 12.2 Å². The molecule has 2 aliphatic rings. The number of anilines is 1. The number of quaternary nitrogens is 2. The Morgan fingerprint density at radius 1 is 0.622 bits per heavy atom. The van der Waals surface area contributed by atoms with Crippen LogP contribution in [0.5, 0.6) is 11.5 Å². The van der Waals surface area contributed by atoms with Gasteiger partial charge in [0.1, 0.15) is 17.1 Å². The number of pyridine rings is 4. The number of aryl methyl sites for hydroxylation is 1. The predicted octanol–water partition coefficient (Wildman–Crippen LogP) is 10.8. The molecular formula is C57H61N10O4SZn2+5. The van der Waals surface area contributed by atoms with Gasteiger partial charge in [-0.25, -0.2) is 0 Å². The molecule has 9 rings (SSSR count). The van der Waals surface area contributed by atoms with E-state index in [1.165, 1.54) is 24.3 Å². The third-order valence-corrected chi connectivity index (χ3v) is 12.1. The Kier molecular flexibility index (Phi) is 22.6. The molecule has 368 valence electrons. The summed E-state index contributed by atoms with van der Waals surface area (Å²) in [6, 6.07) is 46.3. The van der Waals surface area contributed by atoms with E-state index in [1.54, 1.807) is 12.1 Å². The van der Waals surface area contributed by atoms with Gasteiger partial charge < -0.3 is 37.2 Å². The SMILES string of the molecule is Cc1cc(NC(=S)NCCCCOc2cc(CN(Cc3ccccn3)Cc3ccccn3)cc(CN(Cc3ccccn3)Cc3ccccn3)c2)ccc1-c1c2ccc(=O)cc-2oc2cc([O-])ccc12.[NH4+].[NH4+].[Zn+2].[Zn+2]. The number of hydrogen-bond donors (Lipinski definition) is 4. The Labute approximate surface area is 463 Å². The molecule has 0 radical (unpaired) electrons. The number of ether oxygens (including phenoxy) is 1. The van der Waals surface area contributed by atoms with Gasteiger partial charge in [0, 0.05) is 98.9 Å². The van der Waals surface area contributed by atoms with E-state index in [2.05, 4.69) is 82.8 Å². The molecule has 0 atom stereocenters. The predicted molar refractivity (Wildman–Crippen MR) is 289 cm³/mol. The third kappa shape index (κ3) is 16.2. The Hall–Kier alpha value is -6.67. The van der Waals surface area contributed by atoms with E-state index in [-0.39, 0.29) is 62.4 Å². The second-order valence-corrected chi connectivity index (χ2v) is 17.7. The first-order chi connectivity index (χ1) is 34.3. The smallest absolute Gasteiger partial charge is 0.872 e. The fourth-order valence-corrected chi connectivity index (χ4v) is 8.91. The maximum Gasteiger partial charge on any atom is 2.00 e. The van der Waals surface area contributed by atoms with Crippen molar-refractivity contribution in [1.29, 1.82) is 0 Å². The summed E-state index contributed by atoms with van der Waals surface area (Å²) in [7, 11) is 0. The fraction of sp³-hybridized carbons (Fsp3) is 0.193. The van der Waals surface area contributed by atoms with E-state index in [9.17, 15) is 9.90 Å². The Morgan fingerprint density at radius 2 is 1.16 bits per heavy atom. The molecule has 0 saturated carbocycles. The number of rotatable bonds is 20. The first-order valence-electron chi connectivity index (χ1n) is 23.4. The standard InChI is InChI=1S/C57H54N8O4S.2H3N.2Zn/c1-40-28-43(16-19-51(40)56-52-20-17-48(66)32-54(52)69-55-33-49(67)18-21-53(55)56)63-57(70)62-26-10-11-27-68-50-30-41(34-64(36-44-12-2-6-22-58-44)37-45-13-3-7-23-59-45)29-42(31-50)35-65(38-46-14-4-8-24-60-46)39-47-15-5-9-25-61-47;;;;/h2-9,12-25,28-33,66H,10-11,26-27,34-39H2,1H3,(H2,62,63,70);2*1H3;;/q;;;2*+2/p+1. The molecule has 0 saturated heterocycles. The van der Waals surface area contributed by atoms with E-state index in [1.807, 2.05) is 98.4 Å². The van der Waals surface area contributed by atoms with Crippen LogP contribution in [0.1, 0.15) is 52.3 Å². The van der Waals surface area contributed by atoms with Crippen LogP contribution in [0.25, 0.3) is 33.4 Å². The maximum absolute atomic E-state index is 12.2. The zero-order valence-corrected chi connectivity index (χ0v) is 49.1. The van der Waals surface area contributed by atoms with E-state index in [4.69, 9.17) is 21.4 Å². The van der Waals surface area contributed by atoms with E-state index >= 15 is 0 Å². The van der Waals surface area contributed by atoms with Crippen LogP contribution in [0.4, 0.5) is 5.69 Å². The van der Waals surface area contributed by atoms with Gasteiger partial charge >= 0.3 is 39.0 Å². The average Bonchev–Trinajstić information content (AvgIpc) is 3.35. The molecule has 14 nitrogen and oxygen atoms in total. The Morgan fingerprint density at radius 3 is 1.68 bits per heavy atom. The second kappa shape index (κ2) is 28.7. The van der Waals surface area contributed by atoms with Gasteiger partial charge in [0.2, 0.25) is 0 Å². The minimum absolute atomic E-state index is 0. The molecule has 10 N–H and O–H groups in total. The van der Waals surface area contributed by atoms with Crippen LogP contribution in [0.2, 0.25) is 0 Å². The average molecular weight is 1110 g/mol. The summed E-state index contributed by atoms with van der Waals surface area (Å²) in [5, 5.41) is 20.2. The van der Waals surface area contributed by atoms with Gasteiger partial charge in [0.25, 0.3) is 0 Å². The Balaban J connectivity index is 0.00000253. The fourth-order valence-electron chi connectivity index (χ4n) is 8.69. The van der Waals surface area contributed by atoms with Crippen LogP contribution in [-0.4, -0.2) is 48.0 Å². The third-order valence-electron chi connectivity index (χ3n) is 11.8. The number of aromatic nitrogens is 4. The number of fused-ring (bicyclic) bond motifs is 2. The number of unbranched alkanes of at least 4 members (excludes halogenated alkanes) is 1. The summed E-state index contributed by atoms with van der Waals surface area (Å²) < 4.78 is 12.6. The number of nitrogens with zero attached hydrogens (tertiary/aromatic N) is 6. The zero-order chi connectivity index (χ0) is 48.1. The molecule has 3 aromatic carbocycles. The molecule has 0 amide bonds. The summed E-state index contributed by atoms with van der Waals surface area (Å²) in [6.07, 6.45) is 9.00. The van der Waals surface area contributed by atoms with E-state index < -0.39 is 0 Å². The van der Waals surface area contributed by atoms with Gasteiger partial charge in [-0.1, -0.05) is 48.5 Å².